The summed E-state index contributed by atoms with van der Waals surface area (Å²) in [4.78, 5) is 34.2. The smallest absolute Gasteiger partial charge is 0.416 e. The maximum atomic E-state index is 13.6. The van der Waals surface area contributed by atoms with E-state index in [0.717, 1.165) is 7.11 Å². The van der Waals surface area contributed by atoms with Crippen molar-refractivity contribution in [2.75, 3.05) is 14.2 Å². The van der Waals surface area contributed by atoms with Crippen molar-refractivity contribution >= 4 is 11.7 Å². The average molecular weight is 483 g/mol. The molecule has 186 valence electrons. The second-order valence-electron chi connectivity index (χ2n) is 8.65. The SMILES string of the molecule is COc1cc(C)[nH]c(=O)c1CNC(=O)C1=C(C)N(C(C)C(OC)C(F)(F)F)C2=NC=CCC21C. The van der Waals surface area contributed by atoms with Gasteiger partial charge in [-0.05, 0) is 40.2 Å². The number of pyridine rings is 1. The zero-order valence-electron chi connectivity index (χ0n) is 20.0. The van der Waals surface area contributed by atoms with Crippen molar-refractivity contribution in [3.8, 4) is 5.75 Å². The van der Waals surface area contributed by atoms with E-state index >= 15 is 0 Å². The monoisotopic (exact) mass is 482 g/mol. The van der Waals surface area contributed by atoms with E-state index in [1.165, 1.54) is 25.1 Å². The van der Waals surface area contributed by atoms with Crippen LogP contribution in [0.1, 0.15) is 38.4 Å². The van der Waals surface area contributed by atoms with Crippen molar-refractivity contribution in [1.82, 2.24) is 15.2 Å². The highest BCUT2D eigenvalue weighted by molar-refractivity contribution is 6.09. The van der Waals surface area contributed by atoms with Crippen LogP contribution in [0.4, 0.5) is 13.2 Å². The lowest BCUT2D eigenvalue weighted by molar-refractivity contribution is -0.224. The van der Waals surface area contributed by atoms with Gasteiger partial charge in [0.05, 0.1) is 30.7 Å². The van der Waals surface area contributed by atoms with E-state index in [-0.39, 0.29) is 12.1 Å². The van der Waals surface area contributed by atoms with Crippen LogP contribution in [0.2, 0.25) is 0 Å². The number of ether oxygens (including phenoxy) is 2. The van der Waals surface area contributed by atoms with Crippen LogP contribution in [-0.2, 0) is 16.1 Å². The van der Waals surface area contributed by atoms with Crippen molar-refractivity contribution in [3.63, 3.8) is 0 Å². The minimum Gasteiger partial charge on any atom is -0.496 e. The zero-order valence-corrected chi connectivity index (χ0v) is 20.0. The summed E-state index contributed by atoms with van der Waals surface area (Å²) in [7, 11) is 2.43. The number of amides is 1. The molecular formula is C23H29F3N4O4. The fraction of sp³-hybridized carbons (Fsp3) is 0.522. The number of rotatable bonds is 7. The summed E-state index contributed by atoms with van der Waals surface area (Å²) >= 11 is 0. The van der Waals surface area contributed by atoms with Crippen molar-refractivity contribution < 1.29 is 27.4 Å². The van der Waals surface area contributed by atoms with Gasteiger partial charge in [0, 0.05) is 30.3 Å². The Morgan fingerprint density at radius 3 is 2.62 bits per heavy atom. The summed E-state index contributed by atoms with van der Waals surface area (Å²) in [6.45, 7) is 6.35. The quantitative estimate of drug-likeness (QED) is 0.623. The van der Waals surface area contributed by atoms with E-state index in [4.69, 9.17) is 9.47 Å². The van der Waals surface area contributed by atoms with Crippen LogP contribution in [0, 0.1) is 12.3 Å². The number of aromatic nitrogens is 1. The van der Waals surface area contributed by atoms with Crippen LogP contribution in [0.3, 0.4) is 0 Å². The Kier molecular flexibility index (Phi) is 6.97. The minimum absolute atomic E-state index is 0.119. The molecule has 3 atom stereocenters. The normalized spacial score (nSPS) is 21.8. The number of hydrogen-bond donors (Lipinski definition) is 2. The lowest BCUT2D eigenvalue weighted by Crippen LogP contribution is -2.51. The number of nitrogens with one attached hydrogen (secondary N) is 2. The molecule has 1 aromatic heterocycles. The molecule has 0 spiro atoms. The zero-order chi connectivity index (χ0) is 25.4. The van der Waals surface area contributed by atoms with E-state index in [0.29, 0.717) is 35.0 Å². The Balaban J connectivity index is 1.98. The Morgan fingerprint density at radius 2 is 2.03 bits per heavy atom. The summed E-state index contributed by atoms with van der Waals surface area (Å²) in [6.07, 6.45) is -3.02. The predicted octanol–water partition coefficient (Wildman–Crippen LogP) is 3.19. The molecule has 3 unspecified atom stereocenters. The molecule has 2 N–H and O–H groups in total. The van der Waals surface area contributed by atoms with E-state index in [1.54, 1.807) is 32.9 Å². The molecule has 0 saturated carbocycles. The second kappa shape index (κ2) is 9.28. The topological polar surface area (TPSA) is 96.0 Å². The molecule has 0 bridgehead atoms. The number of H-pyrrole nitrogens is 1. The maximum absolute atomic E-state index is 13.6. The Bertz CT molecular complexity index is 1120. The summed E-state index contributed by atoms with van der Waals surface area (Å²) in [5, 5.41) is 2.74. The number of aryl methyl sites for hydroxylation is 1. The molecule has 2 aliphatic heterocycles. The molecule has 0 fully saturated rings. The predicted molar refractivity (Wildman–Crippen MR) is 120 cm³/mol. The molecule has 1 aromatic rings. The standard InChI is InChI=1S/C23H29F3N4O4/c1-12-10-16(33-5)15(19(31)29-12)11-28-20(32)17-13(2)30(14(3)18(34-6)23(24,25)26)21-22(17,4)8-7-9-27-21/h7,9-10,14,18H,8,11H2,1-6H3,(H,28,32)(H,29,31). The number of halogens is 3. The molecule has 11 heteroatoms. The highest BCUT2D eigenvalue weighted by Gasteiger charge is 2.54. The molecule has 0 aromatic carbocycles. The van der Waals surface area contributed by atoms with Crippen molar-refractivity contribution in [2.24, 2.45) is 10.4 Å². The van der Waals surface area contributed by atoms with Crippen LogP contribution < -0.4 is 15.6 Å². The van der Waals surface area contributed by atoms with E-state index < -0.39 is 35.2 Å². The number of allylic oxidation sites excluding steroid dienone is 2. The Labute approximate surface area is 195 Å². The molecule has 3 heterocycles. The maximum Gasteiger partial charge on any atom is 0.416 e. The first-order valence-electron chi connectivity index (χ1n) is 10.7. The van der Waals surface area contributed by atoms with Gasteiger partial charge in [0.15, 0.2) is 6.10 Å². The number of fused-ring (bicyclic) bond motifs is 1. The van der Waals surface area contributed by atoms with Gasteiger partial charge in [-0.15, -0.1) is 0 Å². The van der Waals surface area contributed by atoms with Crippen molar-refractivity contribution in [3.05, 3.63) is 51.2 Å². The highest BCUT2D eigenvalue weighted by atomic mass is 19.4. The van der Waals surface area contributed by atoms with Gasteiger partial charge >= 0.3 is 6.18 Å². The van der Waals surface area contributed by atoms with Gasteiger partial charge in [0.1, 0.15) is 11.6 Å². The van der Waals surface area contributed by atoms with Gasteiger partial charge < -0.3 is 24.7 Å². The first-order chi connectivity index (χ1) is 15.9. The number of amidine groups is 1. The van der Waals surface area contributed by atoms with E-state index in [2.05, 4.69) is 15.3 Å². The fourth-order valence-electron chi connectivity index (χ4n) is 4.81. The molecule has 2 aliphatic rings. The van der Waals surface area contributed by atoms with Crippen LogP contribution >= 0.6 is 0 Å². The first-order valence-corrected chi connectivity index (χ1v) is 10.7. The van der Waals surface area contributed by atoms with Crippen LogP contribution in [-0.4, -0.2) is 54.2 Å². The molecule has 8 nitrogen and oxygen atoms in total. The van der Waals surface area contributed by atoms with Crippen molar-refractivity contribution in [2.45, 2.75) is 59.0 Å². The molecule has 34 heavy (non-hydrogen) atoms. The fourth-order valence-corrected chi connectivity index (χ4v) is 4.81. The summed E-state index contributed by atoms with van der Waals surface area (Å²) in [5.74, 6) is 0.180. The van der Waals surface area contributed by atoms with Crippen LogP contribution in [0.25, 0.3) is 0 Å². The number of carbonyl (C=O) groups is 1. The first kappa shape index (κ1) is 25.5. The second-order valence-corrected chi connectivity index (χ2v) is 8.65. The van der Waals surface area contributed by atoms with Crippen LogP contribution in [0.5, 0.6) is 5.75 Å². The molecule has 0 saturated heterocycles. The van der Waals surface area contributed by atoms with Gasteiger partial charge in [0.2, 0.25) is 5.91 Å². The Hall–Kier alpha value is -3.08. The molecule has 3 rings (SSSR count). The molecule has 0 radical (unpaired) electrons. The molecule has 1 amide bonds. The largest absolute Gasteiger partial charge is 0.496 e. The third-order valence-corrected chi connectivity index (χ3v) is 6.35. The number of aromatic amines is 1. The Morgan fingerprint density at radius 1 is 1.35 bits per heavy atom. The van der Waals surface area contributed by atoms with Crippen LogP contribution in [0.15, 0.2) is 39.4 Å². The lowest BCUT2D eigenvalue weighted by Gasteiger charge is -2.37. The van der Waals surface area contributed by atoms with Gasteiger partial charge in [-0.3, -0.25) is 9.59 Å². The average Bonchev–Trinajstić information content (AvgIpc) is 2.97. The number of carbonyl (C=O) groups excluding carboxylic acids is 1. The van der Waals surface area contributed by atoms with E-state index in [9.17, 15) is 22.8 Å². The number of alkyl halides is 3. The number of aliphatic imine (C=N–C) groups is 1. The van der Waals surface area contributed by atoms with E-state index in [1.807, 2.05) is 0 Å². The summed E-state index contributed by atoms with van der Waals surface area (Å²) < 4.78 is 50.9. The molecule has 0 aliphatic carbocycles. The lowest BCUT2D eigenvalue weighted by atomic mass is 9.78. The van der Waals surface area contributed by atoms with Gasteiger partial charge in [-0.25, -0.2) is 4.99 Å². The van der Waals surface area contributed by atoms with Gasteiger partial charge in [-0.1, -0.05) is 6.08 Å². The third kappa shape index (κ3) is 4.36. The highest BCUT2D eigenvalue weighted by Crippen LogP contribution is 2.47. The van der Waals surface area contributed by atoms with Crippen molar-refractivity contribution in [1.29, 1.82) is 0 Å². The van der Waals surface area contributed by atoms with Gasteiger partial charge in [-0.2, -0.15) is 13.2 Å². The number of hydrogen-bond acceptors (Lipinski definition) is 6. The summed E-state index contributed by atoms with van der Waals surface area (Å²) in [6, 6.07) is 0.479. The number of methoxy groups -OCH3 is 2. The molecular weight excluding hydrogens is 453 g/mol. The third-order valence-electron chi connectivity index (χ3n) is 6.35. The minimum atomic E-state index is -4.61. The summed E-state index contributed by atoms with van der Waals surface area (Å²) in [5.41, 5.74) is 0.155. The number of nitrogens with zero attached hydrogens (tertiary/aromatic N) is 2. The van der Waals surface area contributed by atoms with Gasteiger partial charge in [0.25, 0.3) is 5.56 Å².